The highest BCUT2D eigenvalue weighted by molar-refractivity contribution is 7.45. The summed E-state index contributed by atoms with van der Waals surface area (Å²) in [5, 5.41) is 0. The number of likely N-dealkylation sites (N-methyl/N-ethyl adjacent to an activating group) is 1. The molecular formula is C62H116NO8P. The number of quaternary nitrogens is 1. The molecule has 0 aromatic carbocycles. The van der Waals surface area contributed by atoms with Gasteiger partial charge in [0.15, 0.2) is 6.10 Å². The fraction of sp³-hybridized carbons (Fsp3) is 0.839. The summed E-state index contributed by atoms with van der Waals surface area (Å²) in [7, 11) is 1.18. The second kappa shape index (κ2) is 53.8. The van der Waals surface area contributed by atoms with E-state index in [0.717, 1.165) is 57.8 Å². The van der Waals surface area contributed by atoms with Crippen molar-refractivity contribution in [2.45, 2.75) is 290 Å². The zero-order chi connectivity index (χ0) is 52.7. The summed E-state index contributed by atoms with van der Waals surface area (Å²) in [6, 6.07) is 0. The molecule has 2 unspecified atom stereocenters. The Labute approximate surface area is 445 Å². The van der Waals surface area contributed by atoms with E-state index in [-0.39, 0.29) is 32.0 Å². The molecular weight excluding hydrogens is 918 g/mol. The third-order valence-corrected chi connectivity index (χ3v) is 14.3. The van der Waals surface area contributed by atoms with Gasteiger partial charge in [-0.15, -0.1) is 0 Å². The van der Waals surface area contributed by atoms with Gasteiger partial charge in [-0.2, -0.15) is 0 Å². The average molecular weight is 1030 g/mol. The first-order valence-corrected chi connectivity index (χ1v) is 31.8. The van der Waals surface area contributed by atoms with E-state index in [9.17, 15) is 19.0 Å². The van der Waals surface area contributed by atoms with Crippen LogP contribution < -0.4 is 4.89 Å². The maximum Gasteiger partial charge on any atom is 0.306 e. The normalized spacial score (nSPS) is 13.6. The molecule has 0 rings (SSSR count). The number of phosphoric ester groups is 1. The molecule has 72 heavy (non-hydrogen) atoms. The Balaban J connectivity index is 3.94. The van der Waals surface area contributed by atoms with Crippen LogP contribution in [0.3, 0.4) is 0 Å². The average Bonchev–Trinajstić information content (AvgIpc) is 3.34. The lowest BCUT2D eigenvalue weighted by molar-refractivity contribution is -0.870. The van der Waals surface area contributed by atoms with Gasteiger partial charge in [0.2, 0.25) is 0 Å². The van der Waals surface area contributed by atoms with Crippen LogP contribution in [-0.2, 0) is 32.7 Å². The molecule has 9 nitrogen and oxygen atoms in total. The van der Waals surface area contributed by atoms with Gasteiger partial charge in [-0.1, -0.05) is 268 Å². The lowest BCUT2D eigenvalue weighted by Gasteiger charge is -2.28. The zero-order valence-electron chi connectivity index (χ0n) is 47.9. The fourth-order valence-corrected chi connectivity index (χ4v) is 9.44. The highest BCUT2D eigenvalue weighted by Gasteiger charge is 2.22. The topological polar surface area (TPSA) is 111 Å². The number of phosphoric acid groups is 1. The summed E-state index contributed by atoms with van der Waals surface area (Å²) in [6.45, 7) is 4.16. The predicted molar refractivity (Wildman–Crippen MR) is 305 cm³/mol. The molecule has 0 aliphatic heterocycles. The van der Waals surface area contributed by atoms with E-state index in [1.165, 1.54) is 193 Å². The van der Waals surface area contributed by atoms with E-state index >= 15 is 0 Å². The molecule has 422 valence electrons. The number of unbranched alkanes of at least 4 members (excludes halogenated alkanes) is 34. The lowest BCUT2D eigenvalue weighted by Crippen LogP contribution is -2.37. The molecule has 0 aromatic rings. The van der Waals surface area contributed by atoms with Gasteiger partial charge in [0.05, 0.1) is 27.7 Å². The van der Waals surface area contributed by atoms with Crippen molar-refractivity contribution in [2.24, 2.45) is 0 Å². The minimum atomic E-state index is -4.63. The van der Waals surface area contributed by atoms with E-state index in [2.05, 4.69) is 62.5 Å². The molecule has 0 spiro atoms. The lowest BCUT2D eigenvalue weighted by atomic mass is 10.0. The minimum Gasteiger partial charge on any atom is -0.756 e. The molecule has 0 aliphatic rings. The van der Waals surface area contributed by atoms with Gasteiger partial charge < -0.3 is 27.9 Å². The summed E-state index contributed by atoms with van der Waals surface area (Å²) in [4.78, 5) is 37.8. The van der Waals surface area contributed by atoms with Crippen LogP contribution in [0.1, 0.15) is 284 Å². The van der Waals surface area contributed by atoms with Crippen molar-refractivity contribution >= 4 is 19.8 Å². The van der Waals surface area contributed by atoms with E-state index in [0.29, 0.717) is 17.4 Å². The Hall–Kier alpha value is -2.03. The third kappa shape index (κ3) is 57.3. The first-order chi connectivity index (χ1) is 35.0. The second-order valence-electron chi connectivity index (χ2n) is 21.7. The molecule has 0 aliphatic carbocycles. The molecule has 0 radical (unpaired) electrons. The van der Waals surface area contributed by atoms with Crippen LogP contribution in [0.2, 0.25) is 0 Å². The molecule has 0 aromatic heterocycles. The molecule has 0 fully saturated rings. The second-order valence-corrected chi connectivity index (χ2v) is 23.1. The Morgan fingerprint density at radius 3 is 1.18 bits per heavy atom. The van der Waals surface area contributed by atoms with Crippen molar-refractivity contribution in [2.75, 3.05) is 47.5 Å². The van der Waals surface area contributed by atoms with E-state index in [1.807, 2.05) is 21.1 Å². The maximum absolute atomic E-state index is 12.8. The number of hydrogen-bond acceptors (Lipinski definition) is 8. The van der Waals surface area contributed by atoms with Gasteiger partial charge in [-0.25, -0.2) is 0 Å². The number of hydrogen-bond donors (Lipinski definition) is 0. The van der Waals surface area contributed by atoms with E-state index in [1.54, 1.807) is 0 Å². The predicted octanol–water partition coefficient (Wildman–Crippen LogP) is 18.3. The van der Waals surface area contributed by atoms with Crippen LogP contribution in [0.4, 0.5) is 0 Å². The SMILES string of the molecule is CC/C=C\C/C=C\C/C=C\C/C=C\CCCCCCCCCCCCCCCCCCCCCCCCC(=O)OC(COC(=O)CCCCCCCCCCCCCCC)COP(=O)([O-])OCC[N+](C)(C)C. The first kappa shape index (κ1) is 70.0. The number of rotatable bonds is 56. The van der Waals surface area contributed by atoms with Crippen molar-refractivity contribution in [3.05, 3.63) is 48.6 Å². The highest BCUT2D eigenvalue weighted by atomic mass is 31.2. The number of carbonyl (C=O) groups excluding carboxylic acids is 2. The van der Waals surface area contributed by atoms with Gasteiger partial charge in [-0.3, -0.25) is 14.2 Å². The van der Waals surface area contributed by atoms with Crippen LogP contribution in [0.25, 0.3) is 0 Å². The molecule has 0 saturated heterocycles. The smallest absolute Gasteiger partial charge is 0.306 e. The number of carbonyl (C=O) groups is 2. The summed E-state index contributed by atoms with van der Waals surface area (Å²) >= 11 is 0. The van der Waals surface area contributed by atoms with Crippen LogP contribution in [0.5, 0.6) is 0 Å². The fourth-order valence-electron chi connectivity index (χ4n) is 8.71. The molecule has 2 atom stereocenters. The summed E-state index contributed by atoms with van der Waals surface area (Å²) in [6.07, 6.45) is 67.5. The van der Waals surface area contributed by atoms with Gasteiger partial charge in [0.1, 0.15) is 19.8 Å². The summed E-state index contributed by atoms with van der Waals surface area (Å²) in [5.41, 5.74) is 0. The zero-order valence-corrected chi connectivity index (χ0v) is 48.8. The molecule has 10 heteroatoms. The Kier molecular flexibility index (Phi) is 52.3. The monoisotopic (exact) mass is 1030 g/mol. The van der Waals surface area contributed by atoms with Gasteiger partial charge in [0.25, 0.3) is 7.82 Å². The van der Waals surface area contributed by atoms with Gasteiger partial charge in [-0.05, 0) is 51.4 Å². The largest absolute Gasteiger partial charge is 0.756 e. The quantitative estimate of drug-likeness (QED) is 0.0195. The van der Waals surface area contributed by atoms with Crippen LogP contribution in [0, 0.1) is 0 Å². The summed E-state index contributed by atoms with van der Waals surface area (Å²) in [5.74, 6) is -0.818. The number of ether oxygens (including phenoxy) is 2. The Bertz CT molecular complexity index is 1360. The molecule has 0 amide bonds. The van der Waals surface area contributed by atoms with Crippen LogP contribution >= 0.6 is 7.82 Å². The minimum absolute atomic E-state index is 0.0280. The number of allylic oxidation sites excluding steroid dienone is 8. The molecule has 0 saturated carbocycles. The third-order valence-electron chi connectivity index (χ3n) is 13.4. The molecule has 0 bridgehead atoms. The first-order valence-electron chi connectivity index (χ1n) is 30.3. The van der Waals surface area contributed by atoms with E-state index in [4.69, 9.17) is 18.5 Å². The molecule has 0 heterocycles. The Morgan fingerprint density at radius 1 is 0.444 bits per heavy atom. The number of nitrogens with zero attached hydrogens (tertiary/aromatic N) is 1. The van der Waals surface area contributed by atoms with Crippen molar-refractivity contribution < 1.29 is 42.1 Å². The summed E-state index contributed by atoms with van der Waals surface area (Å²) < 4.78 is 34.1. The number of esters is 2. The highest BCUT2D eigenvalue weighted by Crippen LogP contribution is 2.38. The van der Waals surface area contributed by atoms with E-state index < -0.39 is 26.5 Å². The maximum atomic E-state index is 12.8. The standard InChI is InChI=1S/C62H116NO8P/c1-6-8-10-12-14-16-18-20-21-22-23-24-25-26-27-28-29-30-31-32-33-34-35-36-37-38-39-40-41-43-45-47-49-51-53-55-62(65)71-60(59-70-72(66,67)69-57-56-63(3,4)5)58-68-61(64)54-52-50-48-46-44-42-19-17-15-13-11-9-7-2/h8,10,14,16,20-21,23-24,60H,6-7,9,11-13,15,17-19,22,25-59H2,1-5H3/b10-8-,16-14-,21-20-,24-23-. The Morgan fingerprint density at radius 2 is 0.792 bits per heavy atom. The van der Waals surface area contributed by atoms with Crippen molar-refractivity contribution in [1.82, 2.24) is 0 Å². The van der Waals surface area contributed by atoms with Crippen LogP contribution in [-0.4, -0.2) is 70.0 Å². The van der Waals surface area contributed by atoms with Crippen molar-refractivity contribution in [1.29, 1.82) is 0 Å². The molecule has 0 N–H and O–H groups in total. The van der Waals surface area contributed by atoms with Crippen molar-refractivity contribution in [3.8, 4) is 0 Å². The van der Waals surface area contributed by atoms with Crippen molar-refractivity contribution in [3.63, 3.8) is 0 Å². The van der Waals surface area contributed by atoms with Crippen LogP contribution in [0.15, 0.2) is 48.6 Å². The van der Waals surface area contributed by atoms with Gasteiger partial charge >= 0.3 is 11.9 Å². The van der Waals surface area contributed by atoms with Gasteiger partial charge in [0, 0.05) is 12.8 Å².